The van der Waals surface area contributed by atoms with Crippen molar-refractivity contribution < 1.29 is 14.3 Å². The van der Waals surface area contributed by atoms with Crippen molar-refractivity contribution >= 4 is 28.9 Å². The Balaban J connectivity index is 1.41. The first-order valence-corrected chi connectivity index (χ1v) is 11.2. The number of para-hydroxylation sites is 2. The van der Waals surface area contributed by atoms with Crippen LogP contribution in [0.2, 0.25) is 0 Å². The highest BCUT2D eigenvalue weighted by Crippen LogP contribution is 2.39. The van der Waals surface area contributed by atoms with E-state index >= 15 is 0 Å². The number of hydrogen-bond donors (Lipinski definition) is 3. The average Bonchev–Trinajstić information content (AvgIpc) is 3.24. The van der Waals surface area contributed by atoms with Crippen LogP contribution in [0.5, 0.6) is 5.75 Å². The lowest BCUT2D eigenvalue weighted by Gasteiger charge is -2.14. The molecule has 1 aliphatic carbocycles. The topological polar surface area (TPSA) is 96.1 Å². The van der Waals surface area contributed by atoms with E-state index < -0.39 is 0 Å². The SMILES string of the molecule is O=C(COc1ccccc1)Nc1cc(-c2[nH]c3c(c2Nc2ccccc2)C(=O)CCC3)ccn1. The molecule has 0 spiro atoms. The van der Waals surface area contributed by atoms with Crippen molar-refractivity contribution in [2.45, 2.75) is 19.3 Å². The van der Waals surface area contributed by atoms with Gasteiger partial charge in [0.2, 0.25) is 0 Å². The lowest BCUT2D eigenvalue weighted by molar-refractivity contribution is -0.118. The molecule has 0 saturated heterocycles. The number of H-pyrrole nitrogens is 1. The van der Waals surface area contributed by atoms with Gasteiger partial charge in [-0.1, -0.05) is 36.4 Å². The first-order chi connectivity index (χ1) is 16.7. The van der Waals surface area contributed by atoms with Crippen LogP contribution in [0.15, 0.2) is 79.0 Å². The second-order valence-corrected chi connectivity index (χ2v) is 8.08. The maximum absolute atomic E-state index is 12.8. The van der Waals surface area contributed by atoms with Gasteiger partial charge in [-0.05, 0) is 49.2 Å². The van der Waals surface area contributed by atoms with Gasteiger partial charge in [0.05, 0.1) is 16.9 Å². The molecule has 2 aromatic carbocycles. The van der Waals surface area contributed by atoms with E-state index in [0.717, 1.165) is 41.2 Å². The molecule has 0 unspecified atom stereocenters. The third kappa shape index (κ3) is 4.68. The third-order valence-electron chi connectivity index (χ3n) is 5.66. The highest BCUT2D eigenvalue weighted by molar-refractivity contribution is 6.07. The van der Waals surface area contributed by atoms with Crippen LogP contribution >= 0.6 is 0 Å². The minimum Gasteiger partial charge on any atom is -0.484 e. The summed E-state index contributed by atoms with van der Waals surface area (Å²) >= 11 is 0. The van der Waals surface area contributed by atoms with Gasteiger partial charge in [0.1, 0.15) is 11.6 Å². The van der Waals surface area contributed by atoms with Gasteiger partial charge in [0, 0.05) is 29.6 Å². The van der Waals surface area contributed by atoms with Crippen LogP contribution in [0.3, 0.4) is 0 Å². The number of aryl methyl sites for hydroxylation is 1. The Kier molecular flexibility index (Phi) is 6.07. The van der Waals surface area contributed by atoms with E-state index in [1.807, 2.05) is 54.6 Å². The number of nitrogens with one attached hydrogen (secondary N) is 3. The molecule has 0 radical (unpaired) electrons. The highest BCUT2D eigenvalue weighted by Gasteiger charge is 2.27. The average molecular weight is 453 g/mol. The summed E-state index contributed by atoms with van der Waals surface area (Å²) in [6.45, 7) is -0.123. The van der Waals surface area contributed by atoms with E-state index in [0.29, 0.717) is 23.6 Å². The number of pyridine rings is 1. The maximum Gasteiger partial charge on any atom is 0.263 e. The van der Waals surface area contributed by atoms with Crippen LogP contribution in [0.1, 0.15) is 28.9 Å². The zero-order valence-corrected chi connectivity index (χ0v) is 18.5. The molecule has 0 atom stereocenters. The van der Waals surface area contributed by atoms with Gasteiger partial charge in [-0.2, -0.15) is 0 Å². The number of benzene rings is 2. The second kappa shape index (κ2) is 9.62. The largest absolute Gasteiger partial charge is 0.484 e. The molecule has 4 aromatic rings. The normalized spacial score (nSPS) is 12.6. The molecular weight excluding hydrogens is 428 g/mol. The number of nitrogens with zero attached hydrogens (tertiary/aromatic N) is 1. The number of rotatable bonds is 7. The molecule has 0 fully saturated rings. The number of carbonyl (C=O) groups excluding carboxylic acids is 2. The molecule has 2 heterocycles. The zero-order chi connectivity index (χ0) is 23.3. The van der Waals surface area contributed by atoms with E-state index in [1.54, 1.807) is 24.4 Å². The monoisotopic (exact) mass is 452 g/mol. The van der Waals surface area contributed by atoms with E-state index in [4.69, 9.17) is 4.74 Å². The molecule has 1 amide bonds. The summed E-state index contributed by atoms with van der Waals surface area (Å²) < 4.78 is 5.51. The van der Waals surface area contributed by atoms with Gasteiger partial charge in [-0.25, -0.2) is 4.98 Å². The number of ether oxygens (including phenoxy) is 1. The van der Waals surface area contributed by atoms with E-state index in [-0.39, 0.29) is 18.3 Å². The summed E-state index contributed by atoms with van der Waals surface area (Å²) in [7, 11) is 0. The predicted octanol–water partition coefficient (Wildman–Crippen LogP) is 5.36. The van der Waals surface area contributed by atoms with Crippen LogP contribution in [0.25, 0.3) is 11.3 Å². The predicted molar refractivity (Wildman–Crippen MR) is 132 cm³/mol. The van der Waals surface area contributed by atoms with Gasteiger partial charge in [-0.15, -0.1) is 0 Å². The molecule has 0 saturated carbocycles. The van der Waals surface area contributed by atoms with Crippen LogP contribution in [-0.4, -0.2) is 28.3 Å². The highest BCUT2D eigenvalue weighted by atomic mass is 16.5. The molecule has 7 nitrogen and oxygen atoms in total. The molecule has 0 bridgehead atoms. The number of carbonyl (C=O) groups is 2. The fourth-order valence-electron chi connectivity index (χ4n) is 4.10. The summed E-state index contributed by atoms with van der Waals surface area (Å²) in [5.74, 6) is 0.848. The fourth-order valence-corrected chi connectivity index (χ4v) is 4.10. The van der Waals surface area contributed by atoms with Gasteiger partial charge in [-0.3, -0.25) is 9.59 Å². The van der Waals surface area contributed by atoms with Crippen LogP contribution in [-0.2, 0) is 11.2 Å². The lowest BCUT2D eigenvalue weighted by atomic mass is 9.95. The van der Waals surface area contributed by atoms with Crippen molar-refractivity contribution in [2.24, 2.45) is 0 Å². The van der Waals surface area contributed by atoms with Crippen molar-refractivity contribution in [2.75, 3.05) is 17.2 Å². The number of fused-ring (bicyclic) bond motifs is 1. The van der Waals surface area contributed by atoms with Crippen molar-refractivity contribution in [1.29, 1.82) is 0 Å². The van der Waals surface area contributed by atoms with Crippen molar-refractivity contribution in [3.8, 4) is 17.0 Å². The molecule has 5 rings (SSSR count). The summed E-state index contributed by atoms with van der Waals surface area (Å²) in [5, 5.41) is 6.21. The van der Waals surface area contributed by atoms with E-state index in [9.17, 15) is 9.59 Å². The van der Waals surface area contributed by atoms with E-state index in [2.05, 4.69) is 20.6 Å². The Labute approximate surface area is 197 Å². The summed E-state index contributed by atoms with van der Waals surface area (Å²) in [6, 6.07) is 22.6. The Morgan fingerprint density at radius 2 is 1.76 bits per heavy atom. The molecular formula is C27H24N4O3. The fraction of sp³-hybridized carbons (Fsp3) is 0.148. The number of Topliss-reactive ketones (excluding diaryl/α,β-unsaturated/α-hetero) is 1. The van der Waals surface area contributed by atoms with Gasteiger partial charge in [0.15, 0.2) is 12.4 Å². The number of hydrogen-bond acceptors (Lipinski definition) is 5. The maximum atomic E-state index is 12.8. The molecule has 1 aliphatic rings. The molecule has 0 aliphatic heterocycles. The number of ketones is 1. The third-order valence-corrected chi connectivity index (χ3v) is 5.66. The molecule has 170 valence electrons. The quantitative estimate of drug-likeness (QED) is 0.351. The van der Waals surface area contributed by atoms with Crippen LogP contribution in [0, 0.1) is 0 Å². The van der Waals surface area contributed by atoms with E-state index in [1.165, 1.54) is 0 Å². The Hall–Kier alpha value is -4.39. The molecule has 2 aromatic heterocycles. The van der Waals surface area contributed by atoms with Crippen molar-refractivity contribution in [3.05, 3.63) is 90.3 Å². The summed E-state index contributed by atoms with van der Waals surface area (Å²) in [4.78, 5) is 32.9. The van der Waals surface area contributed by atoms with Gasteiger partial charge >= 0.3 is 0 Å². The van der Waals surface area contributed by atoms with Crippen LogP contribution in [0.4, 0.5) is 17.2 Å². The Morgan fingerprint density at radius 1 is 1.00 bits per heavy atom. The lowest BCUT2D eigenvalue weighted by Crippen LogP contribution is -2.20. The molecule has 34 heavy (non-hydrogen) atoms. The molecule has 3 N–H and O–H groups in total. The Morgan fingerprint density at radius 3 is 2.56 bits per heavy atom. The zero-order valence-electron chi connectivity index (χ0n) is 18.5. The second-order valence-electron chi connectivity index (χ2n) is 8.08. The summed E-state index contributed by atoms with van der Waals surface area (Å²) in [5.41, 5.74) is 4.90. The number of amides is 1. The van der Waals surface area contributed by atoms with Gasteiger partial charge < -0.3 is 20.4 Å². The van der Waals surface area contributed by atoms with Crippen molar-refractivity contribution in [3.63, 3.8) is 0 Å². The summed E-state index contributed by atoms with van der Waals surface area (Å²) in [6.07, 6.45) is 3.81. The minimum absolute atomic E-state index is 0.123. The number of anilines is 3. The number of aromatic amines is 1. The smallest absolute Gasteiger partial charge is 0.263 e. The minimum atomic E-state index is -0.308. The van der Waals surface area contributed by atoms with Crippen molar-refractivity contribution in [1.82, 2.24) is 9.97 Å². The molecule has 7 heteroatoms. The Bertz CT molecular complexity index is 1320. The van der Waals surface area contributed by atoms with Crippen LogP contribution < -0.4 is 15.4 Å². The first kappa shape index (κ1) is 21.5. The standard InChI is InChI=1S/C27H24N4O3/c32-22-13-7-12-21-25(22)27(29-19-8-3-1-4-9-19)26(30-21)18-14-15-28-23(16-18)31-24(33)17-34-20-10-5-2-6-11-20/h1-6,8-11,14-16,29-30H,7,12-13,17H2,(H,28,31,33). The number of aromatic nitrogens is 2. The first-order valence-electron chi connectivity index (χ1n) is 11.2. The van der Waals surface area contributed by atoms with Gasteiger partial charge in [0.25, 0.3) is 5.91 Å².